The van der Waals surface area contributed by atoms with Crippen molar-refractivity contribution in [3.05, 3.63) is 30.1 Å². The van der Waals surface area contributed by atoms with E-state index in [2.05, 4.69) is 4.90 Å². The highest BCUT2D eigenvalue weighted by atomic mass is 19.1. The fraction of sp³-hybridized carbons (Fsp3) is 0.600. The summed E-state index contributed by atoms with van der Waals surface area (Å²) < 4.78 is 18.8. The normalized spacial score (nSPS) is 22.2. The average Bonchev–Trinajstić information content (AvgIpc) is 2.41. The molecule has 106 valence electrons. The molecule has 0 spiro atoms. The predicted octanol–water partition coefficient (Wildman–Crippen LogP) is 2.30. The van der Waals surface area contributed by atoms with E-state index in [-0.39, 0.29) is 11.9 Å². The molecule has 1 aliphatic rings. The van der Waals surface area contributed by atoms with Gasteiger partial charge in [-0.25, -0.2) is 4.39 Å². The van der Waals surface area contributed by atoms with Crippen molar-refractivity contribution in [1.29, 1.82) is 0 Å². The highest BCUT2D eigenvalue weighted by molar-refractivity contribution is 5.23. The van der Waals surface area contributed by atoms with Gasteiger partial charge in [-0.2, -0.15) is 0 Å². The summed E-state index contributed by atoms with van der Waals surface area (Å²) in [5, 5.41) is 9.63. The molecule has 0 bridgehead atoms. The molecule has 0 radical (unpaired) electrons. The van der Waals surface area contributed by atoms with E-state index in [1.165, 1.54) is 6.07 Å². The molecule has 3 nitrogen and oxygen atoms in total. The maximum atomic E-state index is 13.4. The van der Waals surface area contributed by atoms with Gasteiger partial charge in [0.1, 0.15) is 6.61 Å². The van der Waals surface area contributed by atoms with E-state index in [1.54, 1.807) is 18.2 Å². The van der Waals surface area contributed by atoms with Crippen LogP contribution in [0.3, 0.4) is 0 Å². The number of piperidine rings is 1. The van der Waals surface area contributed by atoms with E-state index in [1.807, 2.05) is 6.92 Å². The van der Waals surface area contributed by atoms with Crippen LogP contribution in [0.1, 0.15) is 19.8 Å². The number of aliphatic hydroxyl groups is 1. The van der Waals surface area contributed by atoms with Gasteiger partial charge in [0, 0.05) is 13.1 Å². The van der Waals surface area contributed by atoms with Crippen molar-refractivity contribution in [1.82, 2.24) is 4.90 Å². The van der Waals surface area contributed by atoms with Gasteiger partial charge in [-0.15, -0.1) is 0 Å². The molecule has 1 fully saturated rings. The average molecular weight is 267 g/mol. The summed E-state index contributed by atoms with van der Waals surface area (Å²) in [4.78, 5) is 2.28. The van der Waals surface area contributed by atoms with Gasteiger partial charge < -0.3 is 9.84 Å². The number of hydrogen-bond donors (Lipinski definition) is 1. The van der Waals surface area contributed by atoms with E-state index in [0.29, 0.717) is 18.3 Å². The number of rotatable bonds is 5. The Bertz CT molecular complexity index is 397. The third-order valence-corrected chi connectivity index (χ3v) is 3.73. The zero-order valence-electron chi connectivity index (χ0n) is 11.4. The maximum absolute atomic E-state index is 13.4. The number of halogens is 1. The number of aliphatic hydroxyl groups excluding tert-OH is 1. The van der Waals surface area contributed by atoms with Crippen LogP contribution in [0.5, 0.6) is 5.75 Å². The molecule has 2 rings (SSSR count). The molecule has 0 aromatic heterocycles. The Hall–Kier alpha value is -1.13. The van der Waals surface area contributed by atoms with Gasteiger partial charge in [-0.3, -0.25) is 4.90 Å². The van der Waals surface area contributed by atoms with Crippen LogP contribution in [0.4, 0.5) is 4.39 Å². The fourth-order valence-electron chi connectivity index (χ4n) is 2.53. The molecule has 1 aromatic carbocycles. The second-order valence-corrected chi connectivity index (χ2v) is 5.22. The Morgan fingerprint density at radius 3 is 3.00 bits per heavy atom. The summed E-state index contributed by atoms with van der Waals surface area (Å²) in [6.45, 7) is 5.04. The van der Waals surface area contributed by atoms with E-state index in [4.69, 9.17) is 4.74 Å². The quantitative estimate of drug-likeness (QED) is 0.888. The smallest absolute Gasteiger partial charge is 0.165 e. The lowest BCUT2D eigenvalue weighted by molar-refractivity contribution is 0.0571. The van der Waals surface area contributed by atoms with Crippen LogP contribution in [0.2, 0.25) is 0 Å². The van der Waals surface area contributed by atoms with Crippen molar-refractivity contribution >= 4 is 0 Å². The highest BCUT2D eigenvalue weighted by Gasteiger charge is 2.23. The third-order valence-electron chi connectivity index (χ3n) is 3.73. The van der Waals surface area contributed by atoms with Crippen molar-refractivity contribution in [2.45, 2.75) is 25.9 Å². The molecule has 1 N–H and O–H groups in total. The number of benzene rings is 1. The molecule has 0 saturated carbocycles. The molecule has 2 atom stereocenters. The fourth-order valence-corrected chi connectivity index (χ4v) is 2.53. The Morgan fingerprint density at radius 1 is 1.47 bits per heavy atom. The molecular weight excluding hydrogens is 245 g/mol. The van der Waals surface area contributed by atoms with Crippen LogP contribution >= 0.6 is 0 Å². The molecule has 1 heterocycles. The largest absolute Gasteiger partial charge is 0.489 e. The molecule has 0 aliphatic carbocycles. The lowest BCUT2D eigenvalue weighted by atomic mass is 9.93. The molecule has 1 saturated heterocycles. The second-order valence-electron chi connectivity index (χ2n) is 5.22. The number of nitrogens with zero attached hydrogens (tertiary/aromatic N) is 1. The van der Waals surface area contributed by atoms with E-state index in [0.717, 1.165) is 32.5 Å². The molecule has 4 heteroatoms. The summed E-state index contributed by atoms with van der Waals surface area (Å²) in [5.74, 6) is 0.344. The van der Waals surface area contributed by atoms with Crippen molar-refractivity contribution in [2.24, 2.45) is 5.92 Å². The summed E-state index contributed by atoms with van der Waals surface area (Å²) in [7, 11) is 0. The topological polar surface area (TPSA) is 32.7 Å². The Labute approximate surface area is 114 Å². The maximum Gasteiger partial charge on any atom is 0.165 e. The van der Waals surface area contributed by atoms with Crippen LogP contribution in [-0.2, 0) is 0 Å². The van der Waals surface area contributed by atoms with Crippen molar-refractivity contribution in [3.8, 4) is 5.75 Å². The zero-order valence-corrected chi connectivity index (χ0v) is 11.4. The van der Waals surface area contributed by atoms with Crippen LogP contribution in [0.15, 0.2) is 24.3 Å². The van der Waals surface area contributed by atoms with Gasteiger partial charge in [0.05, 0.1) is 6.10 Å². The Balaban J connectivity index is 1.75. The lowest BCUT2D eigenvalue weighted by Crippen LogP contribution is -2.41. The first-order valence-corrected chi connectivity index (χ1v) is 6.94. The first-order chi connectivity index (χ1) is 9.16. The van der Waals surface area contributed by atoms with E-state index in [9.17, 15) is 9.50 Å². The number of ether oxygens (including phenoxy) is 1. The minimum Gasteiger partial charge on any atom is -0.489 e. The summed E-state index contributed by atoms with van der Waals surface area (Å²) in [5.41, 5.74) is 0. The van der Waals surface area contributed by atoms with Gasteiger partial charge in [0.15, 0.2) is 11.6 Å². The molecule has 19 heavy (non-hydrogen) atoms. The molecule has 2 unspecified atom stereocenters. The zero-order chi connectivity index (χ0) is 13.7. The van der Waals surface area contributed by atoms with Crippen molar-refractivity contribution in [3.63, 3.8) is 0 Å². The summed E-state index contributed by atoms with van der Waals surface area (Å²) in [6.07, 6.45) is 1.94. The first-order valence-electron chi connectivity index (χ1n) is 6.94. The van der Waals surface area contributed by atoms with Gasteiger partial charge in [-0.1, -0.05) is 12.1 Å². The van der Waals surface area contributed by atoms with Gasteiger partial charge in [0.2, 0.25) is 0 Å². The molecular formula is C15H22FNO2. The number of likely N-dealkylation sites (tertiary alicyclic amines) is 1. The van der Waals surface area contributed by atoms with Gasteiger partial charge in [0.25, 0.3) is 0 Å². The Kier molecular flexibility index (Phi) is 5.16. The predicted molar refractivity (Wildman–Crippen MR) is 72.7 cm³/mol. The second kappa shape index (κ2) is 6.87. The van der Waals surface area contributed by atoms with Crippen LogP contribution in [0, 0.1) is 11.7 Å². The lowest BCUT2D eigenvalue weighted by Gasteiger charge is -2.33. The van der Waals surface area contributed by atoms with Gasteiger partial charge >= 0.3 is 0 Å². The molecule has 0 amide bonds. The van der Waals surface area contributed by atoms with Crippen LogP contribution in [-0.4, -0.2) is 42.4 Å². The monoisotopic (exact) mass is 267 g/mol. The summed E-state index contributed by atoms with van der Waals surface area (Å²) >= 11 is 0. The third kappa shape index (κ3) is 4.18. The minimum absolute atomic E-state index is 0.254. The van der Waals surface area contributed by atoms with Gasteiger partial charge in [-0.05, 0) is 44.4 Å². The van der Waals surface area contributed by atoms with Crippen LogP contribution < -0.4 is 4.74 Å². The van der Waals surface area contributed by atoms with Crippen molar-refractivity contribution in [2.75, 3.05) is 26.2 Å². The Morgan fingerprint density at radius 2 is 2.26 bits per heavy atom. The number of para-hydroxylation sites is 1. The molecule has 1 aromatic rings. The first kappa shape index (κ1) is 14.3. The SMILES string of the molecule is CC(O)C1CCCN(CCOc2ccccc2F)C1. The van der Waals surface area contributed by atoms with E-state index < -0.39 is 0 Å². The molecule has 1 aliphatic heterocycles. The highest BCUT2D eigenvalue weighted by Crippen LogP contribution is 2.20. The van der Waals surface area contributed by atoms with Crippen LogP contribution in [0.25, 0.3) is 0 Å². The van der Waals surface area contributed by atoms with Crippen molar-refractivity contribution < 1.29 is 14.2 Å². The standard InChI is InChI=1S/C15H22FNO2/c1-12(18)13-5-4-8-17(11-13)9-10-19-15-7-3-2-6-14(15)16/h2-3,6-7,12-13,18H,4-5,8-11H2,1H3. The minimum atomic E-state index is -0.317. The van der Waals surface area contributed by atoms with E-state index >= 15 is 0 Å². The summed E-state index contributed by atoms with van der Waals surface area (Å²) in [6, 6.07) is 6.46. The number of hydrogen-bond acceptors (Lipinski definition) is 3.